The minimum absolute atomic E-state index is 0. The van der Waals surface area contributed by atoms with Gasteiger partial charge in [0, 0.05) is 77.8 Å². The van der Waals surface area contributed by atoms with Crippen LogP contribution in [0.5, 0.6) is 0 Å². The molecule has 7 aromatic rings. The molecule has 0 fully saturated rings. The van der Waals surface area contributed by atoms with E-state index in [1.54, 1.807) is 0 Å². The molecular weight excluding hydrogens is 1070 g/mol. The molecule has 0 aliphatic heterocycles. The van der Waals surface area contributed by atoms with Crippen LogP contribution >= 0.6 is 0 Å². The average molecular weight is 1120 g/mol. The molecule has 0 bridgehead atoms. The summed E-state index contributed by atoms with van der Waals surface area (Å²) >= 11 is 0. The summed E-state index contributed by atoms with van der Waals surface area (Å²) in [5.41, 5.74) is 7.69. The molecule has 7 rings (SSSR count). The molecule has 0 aliphatic rings. The molecule has 302 valence electrons. The molecule has 9 heteroatoms. The quantitative estimate of drug-likeness (QED) is 0.103. The molecule has 3 aromatic heterocycles. The van der Waals surface area contributed by atoms with Crippen molar-refractivity contribution in [1.29, 1.82) is 0 Å². The number of carbonyl (C=O) groups is 2. The first-order valence-electron chi connectivity index (χ1n) is 18.2. The van der Waals surface area contributed by atoms with Crippen LogP contribution in [0.4, 0.5) is 0 Å². The van der Waals surface area contributed by atoms with Crippen LogP contribution in [-0.2, 0) is 62.5 Å². The van der Waals surface area contributed by atoms with E-state index in [0.717, 1.165) is 66.0 Å². The second kappa shape index (κ2) is 19.2. The standard InChI is InChI=1S/C38H32N2O.2C5H8O2.2Pt/c1-37(2,3)27-15-13-23-21-39-33(19-25(23)17-27)31-11-7-9-29-30-10-8-12-32(36(30)41-35(29)31)34-20-26-18-28(38(4,5)6)16-14-24(26)22-40-34;2*1-4(6)3-5(2)7;;/h7-10,13-22H,1-6H3;2*3,6H,1-2H3;;/q-2;;;;/b;2*4-3-;;. The molecule has 3 heterocycles. The van der Waals surface area contributed by atoms with Gasteiger partial charge in [-0.1, -0.05) is 112 Å². The number of nitrogens with zero attached hydrogens (tertiary/aromatic N) is 2. The molecule has 0 unspecified atom stereocenters. The van der Waals surface area contributed by atoms with Gasteiger partial charge in [-0.15, -0.1) is 36.4 Å². The number of allylic oxidation sites excluding steroid dienone is 4. The van der Waals surface area contributed by atoms with Crippen LogP contribution in [0.25, 0.3) is 66.0 Å². The van der Waals surface area contributed by atoms with E-state index in [0.29, 0.717) is 0 Å². The Morgan fingerprint density at radius 3 is 1.25 bits per heavy atom. The molecular formula is C48H48N2O5Pt2-2. The van der Waals surface area contributed by atoms with Crippen molar-refractivity contribution < 1.29 is 66.3 Å². The second-order valence-corrected chi connectivity index (χ2v) is 15.8. The molecule has 0 amide bonds. The average Bonchev–Trinajstić information content (AvgIpc) is 3.48. The summed E-state index contributed by atoms with van der Waals surface area (Å²) < 4.78 is 6.66. The van der Waals surface area contributed by atoms with Gasteiger partial charge in [-0.05, 0) is 82.6 Å². The monoisotopic (exact) mass is 1120 g/mol. The fourth-order valence-electron chi connectivity index (χ4n) is 6.16. The van der Waals surface area contributed by atoms with E-state index in [2.05, 4.69) is 114 Å². The maximum absolute atomic E-state index is 10.0. The van der Waals surface area contributed by atoms with Crippen LogP contribution in [0, 0.1) is 12.1 Å². The molecule has 57 heavy (non-hydrogen) atoms. The summed E-state index contributed by atoms with van der Waals surface area (Å²) in [6.07, 6.45) is 6.22. The van der Waals surface area contributed by atoms with E-state index in [-0.39, 0.29) is 76.0 Å². The van der Waals surface area contributed by atoms with E-state index < -0.39 is 0 Å². The number of aliphatic hydroxyl groups excluding tert-OH is 2. The van der Waals surface area contributed by atoms with Crippen molar-refractivity contribution in [3.63, 3.8) is 0 Å². The Labute approximate surface area is 363 Å². The largest absolute Gasteiger partial charge is 0.545 e. The predicted molar refractivity (Wildman–Crippen MR) is 224 cm³/mol. The van der Waals surface area contributed by atoms with E-state index in [4.69, 9.17) is 24.6 Å². The van der Waals surface area contributed by atoms with Crippen molar-refractivity contribution in [3.05, 3.63) is 132 Å². The summed E-state index contributed by atoms with van der Waals surface area (Å²) in [4.78, 5) is 29.7. The fourth-order valence-corrected chi connectivity index (χ4v) is 6.16. The van der Waals surface area contributed by atoms with Crippen molar-refractivity contribution in [2.75, 3.05) is 0 Å². The SMILES string of the molecule is CC(=O)/C=C(/C)O.CC(=O)/C=C(/C)O.CC(C)(C)c1ccc2cnc(-c3[c-]ccc4c3oc3c(-c5cc6cc(C(C)(C)C)ccc6cn5)[c-]ccc34)cc2c1.[Pt].[Pt]. The minimum Gasteiger partial charge on any atom is -0.545 e. The molecule has 0 spiro atoms. The zero-order valence-corrected chi connectivity index (χ0v) is 38.4. The van der Waals surface area contributed by atoms with Gasteiger partial charge in [0.15, 0.2) is 11.6 Å². The van der Waals surface area contributed by atoms with E-state index in [1.165, 1.54) is 51.0 Å². The number of ketones is 2. The third-order valence-corrected chi connectivity index (χ3v) is 8.91. The second-order valence-electron chi connectivity index (χ2n) is 15.8. The van der Waals surface area contributed by atoms with Crippen molar-refractivity contribution in [2.45, 2.75) is 80.1 Å². The Balaban J connectivity index is 0.000000469. The van der Waals surface area contributed by atoms with Crippen LogP contribution < -0.4 is 0 Å². The zero-order valence-electron chi connectivity index (χ0n) is 33.9. The van der Waals surface area contributed by atoms with Crippen LogP contribution in [0.3, 0.4) is 0 Å². The first-order chi connectivity index (χ1) is 25.8. The molecule has 7 nitrogen and oxygen atoms in total. The smallest absolute Gasteiger partial charge is 0.155 e. The summed E-state index contributed by atoms with van der Waals surface area (Å²) in [7, 11) is 0. The Kier molecular flexibility index (Phi) is 15.7. The van der Waals surface area contributed by atoms with Gasteiger partial charge >= 0.3 is 0 Å². The maximum atomic E-state index is 10.0. The van der Waals surface area contributed by atoms with Gasteiger partial charge in [0.2, 0.25) is 0 Å². The Bertz CT molecular complexity index is 2440. The number of aliphatic hydroxyl groups is 2. The van der Waals surface area contributed by atoms with E-state index in [9.17, 15) is 9.59 Å². The maximum Gasteiger partial charge on any atom is 0.155 e. The number of aromatic nitrogens is 2. The molecule has 0 radical (unpaired) electrons. The molecule has 0 saturated heterocycles. The molecule has 0 aliphatic carbocycles. The number of rotatable bonds is 4. The number of hydrogen-bond acceptors (Lipinski definition) is 7. The van der Waals surface area contributed by atoms with Crippen LogP contribution in [-0.4, -0.2) is 31.7 Å². The van der Waals surface area contributed by atoms with Gasteiger partial charge in [0.25, 0.3) is 0 Å². The van der Waals surface area contributed by atoms with Gasteiger partial charge < -0.3 is 24.6 Å². The summed E-state index contributed by atoms with van der Waals surface area (Å²) in [6.45, 7) is 19.1. The molecule has 0 atom stereocenters. The first kappa shape index (κ1) is 46.7. The number of fused-ring (bicyclic) bond motifs is 5. The van der Waals surface area contributed by atoms with Crippen molar-refractivity contribution >= 4 is 55.0 Å². The summed E-state index contributed by atoms with van der Waals surface area (Å²) in [6, 6.07) is 32.4. The van der Waals surface area contributed by atoms with Crippen molar-refractivity contribution in [2.24, 2.45) is 0 Å². The third kappa shape index (κ3) is 11.7. The van der Waals surface area contributed by atoms with Crippen LogP contribution in [0.15, 0.2) is 113 Å². The molecule has 2 N–H and O–H groups in total. The Morgan fingerprint density at radius 1 is 0.579 bits per heavy atom. The summed E-state index contributed by atoms with van der Waals surface area (Å²) in [5.74, 6) is -0.125. The number of carbonyl (C=O) groups excluding carboxylic acids is 2. The van der Waals surface area contributed by atoms with Crippen molar-refractivity contribution in [1.82, 2.24) is 9.97 Å². The topological polar surface area (TPSA) is 114 Å². The van der Waals surface area contributed by atoms with Crippen molar-refractivity contribution in [3.8, 4) is 22.5 Å². The normalized spacial score (nSPS) is 11.9. The Hall–Kier alpha value is -4.70. The van der Waals surface area contributed by atoms with Gasteiger partial charge in [0.05, 0.1) is 11.5 Å². The number of benzene rings is 4. The van der Waals surface area contributed by atoms with Gasteiger partial charge in [-0.25, -0.2) is 0 Å². The minimum atomic E-state index is -0.125. The van der Waals surface area contributed by atoms with Gasteiger partial charge in [-0.2, -0.15) is 0 Å². The van der Waals surface area contributed by atoms with Gasteiger partial charge in [0.1, 0.15) is 0 Å². The predicted octanol–water partition coefficient (Wildman–Crippen LogP) is 12.3. The first-order valence-corrected chi connectivity index (χ1v) is 18.2. The van der Waals surface area contributed by atoms with Crippen LogP contribution in [0.2, 0.25) is 0 Å². The van der Waals surface area contributed by atoms with Gasteiger partial charge in [-0.3, -0.25) is 9.59 Å². The number of furan rings is 1. The fraction of sp³-hybridized carbons (Fsp3) is 0.250. The number of hydrogen-bond donors (Lipinski definition) is 2. The molecule has 4 aromatic carbocycles. The molecule has 0 saturated carbocycles. The zero-order chi connectivity index (χ0) is 40.2. The third-order valence-electron chi connectivity index (χ3n) is 8.91. The van der Waals surface area contributed by atoms with E-state index >= 15 is 0 Å². The Morgan fingerprint density at radius 2 is 0.947 bits per heavy atom. The summed E-state index contributed by atoms with van der Waals surface area (Å²) in [5, 5.41) is 23.3. The van der Waals surface area contributed by atoms with Crippen LogP contribution in [0.1, 0.15) is 80.4 Å². The number of pyridine rings is 2. The van der Waals surface area contributed by atoms with E-state index in [1.807, 2.05) is 24.5 Å².